The number of aliphatic hydroxyl groups is 1. The number of hydrogen-bond donors (Lipinski definition) is 1. The molecule has 0 atom stereocenters. The molecule has 2 fully saturated rings. The summed E-state index contributed by atoms with van der Waals surface area (Å²) in [6.45, 7) is 3.78. The highest BCUT2D eigenvalue weighted by molar-refractivity contribution is 6.05. The van der Waals surface area contributed by atoms with Gasteiger partial charge in [0.15, 0.2) is 0 Å². The van der Waals surface area contributed by atoms with Crippen molar-refractivity contribution in [1.29, 1.82) is 0 Å². The van der Waals surface area contributed by atoms with Crippen molar-refractivity contribution >= 4 is 11.8 Å². The Bertz CT molecular complexity index is 354. The first-order valence-electron chi connectivity index (χ1n) is 6.91. The highest BCUT2D eigenvalue weighted by atomic mass is 16.3. The largest absolute Gasteiger partial charge is 0.388 e. The average Bonchev–Trinajstić information content (AvgIpc) is 2.48. The van der Waals surface area contributed by atoms with E-state index in [-0.39, 0.29) is 24.8 Å². The van der Waals surface area contributed by atoms with Crippen LogP contribution in [0.5, 0.6) is 0 Å². The molecule has 102 valence electrons. The number of hydrogen-bond acceptors (Lipinski definition) is 3. The standard InChI is InChI=1S/C14H23NO3/c1-13(2)9-11(16)15(12(13)17)10-14(18)7-5-3-4-6-8-14/h18H,3-10H2,1-2H3. The summed E-state index contributed by atoms with van der Waals surface area (Å²) in [5, 5.41) is 10.6. The lowest BCUT2D eigenvalue weighted by molar-refractivity contribution is -0.145. The lowest BCUT2D eigenvalue weighted by Crippen LogP contribution is -2.46. The maximum Gasteiger partial charge on any atom is 0.235 e. The van der Waals surface area contributed by atoms with Crippen LogP contribution in [0.2, 0.25) is 0 Å². The molecule has 0 aromatic heterocycles. The molecule has 2 amide bonds. The second kappa shape index (κ2) is 4.65. The summed E-state index contributed by atoms with van der Waals surface area (Å²) in [7, 11) is 0. The van der Waals surface area contributed by atoms with Gasteiger partial charge in [0.2, 0.25) is 11.8 Å². The molecular formula is C14H23NO3. The van der Waals surface area contributed by atoms with Gasteiger partial charge in [0, 0.05) is 6.42 Å². The van der Waals surface area contributed by atoms with Crippen molar-refractivity contribution in [3.05, 3.63) is 0 Å². The van der Waals surface area contributed by atoms with Crippen molar-refractivity contribution in [1.82, 2.24) is 4.90 Å². The normalized spacial score (nSPS) is 27.4. The summed E-state index contributed by atoms with van der Waals surface area (Å²) < 4.78 is 0. The van der Waals surface area contributed by atoms with Crippen molar-refractivity contribution in [3.8, 4) is 0 Å². The summed E-state index contributed by atoms with van der Waals surface area (Å²) in [5.41, 5.74) is -1.46. The summed E-state index contributed by atoms with van der Waals surface area (Å²) in [4.78, 5) is 25.3. The fourth-order valence-corrected chi connectivity index (χ4v) is 3.03. The zero-order valence-corrected chi connectivity index (χ0v) is 11.4. The van der Waals surface area contributed by atoms with Crippen LogP contribution in [-0.4, -0.2) is 34.0 Å². The molecule has 0 unspecified atom stereocenters. The fraction of sp³-hybridized carbons (Fsp3) is 0.857. The van der Waals surface area contributed by atoms with Gasteiger partial charge in [0.05, 0.1) is 17.6 Å². The van der Waals surface area contributed by atoms with Gasteiger partial charge in [0.25, 0.3) is 0 Å². The van der Waals surface area contributed by atoms with E-state index in [4.69, 9.17) is 0 Å². The third-order valence-corrected chi connectivity index (χ3v) is 4.21. The quantitative estimate of drug-likeness (QED) is 0.603. The van der Waals surface area contributed by atoms with Crippen molar-refractivity contribution in [2.45, 2.75) is 64.4 Å². The van der Waals surface area contributed by atoms with Gasteiger partial charge in [-0.1, -0.05) is 39.5 Å². The topological polar surface area (TPSA) is 57.6 Å². The Morgan fingerprint density at radius 1 is 1.11 bits per heavy atom. The Balaban J connectivity index is 2.08. The minimum Gasteiger partial charge on any atom is -0.388 e. The van der Waals surface area contributed by atoms with Gasteiger partial charge in [-0.15, -0.1) is 0 Å². The van der Waals surface area contributed by atoms with Crippen LogP contribution in [0.25, 0.3) is 0 Å². The third kappa shape index (κ3) is 2.58. The Morgan fingerprint density at radius 2 is 1.67 bits per heavy atom. The van der Waals surface area contributed by atoms with Crippen LogP contribution in [0.1, 0.15) is 58.8 Å². The van der Waals surface area contributed by atoms with Crippen molar-refractivity contribution in [3.63, 3.8) is 0 Å². The van der Waals surface area contributed by atoms with Crippen LogP contribution >= 0.6 is 0 Å². The molecule has 1 N–H and O–H groups in total. The van der Waals surface area contributed by atoms with E-state index in [2.05, 4.69) is 0 Å². The molecule has 1 aliphatic heterocycles. The number of amides is 2. The Kier molecular flexibility index (Phi) is 3.49. The van der Waals surface area contributed by atoms with Crippen molar-refractivity contribution in [2.75, 3.05) is 6.54 Å². The first-order chi connectivity index (χ1) is 8.34. The van der Waals surface area contributed by atoms with Crippen LogP contribution in [0.15, 0.2) is 0 Å². The predicted octanol–water partition coefficient (Wildman–Crippen LogP) is 1.86. The van der Waals surface area contributed by atoms with E-state index in [1.54, 1.807) is 13.8 Å². The molecule has 18 heavy (non-hydrogen) atoms. The monoisotopic (exact) mass is 253 g/mol. The molecular weight excluding hydrogens is 230 g/mol. The van der Waals surface area contributed by atoms with Crippen LogP contribution in [0.3, 0.4) is 0 Å². The number of imide groups is 1. The first kappa shape index (κ1) is 13.5. The maximum atomic E-state index is 12.1. The molecule has 1 heterocycles. The van der Waals surface area contributed by atoms with Gasteiger partial charge in [-0.2, -0.15) is 0 Å². The van der Waals surface area contributed by atoms with Crippen molar-refractivity contribution in [2.24, 2.45) is 5.41 Å². The molecule has 4 nitrogen and oxygen atoms in total. The summed E-state index contributed by atoms with van der Waals surface area (Å²) in [6, 6.07) is 0. The molecule has 0 spiro atoms. The van der Waals surface area contributed by atoms with Gasteiger partial charge >= 0.3 is 0 Å². The highest BCUT2D eigenvalue weighted by Gasteiger charge is 2.47. The van der Waals surface area contributed by atoms with Gasteiger partial charge in [0.1, 0.15) is 0 Å². The summed E-state index contributed by atoms with van der Waals surface area (Å²) in [6.07, 6.45) is 5.90. The SMILES string of the molecule is CC1(C)CC(=O)N(CC2(O)CCCCCC2)C1=O. The second-order valence-corrected chi connectivity index (χ2v) is 6.48. The summed E-state index contributed by atoms with van der Waals surface area (Å²) in [5.74, 6) is -0.271. The maximum absolute atomic E-state index is 12.1. The Labute approximate surface area is 108 Å². The third-order valence-electron chi connectivity index (χ3n) is 4.21. The van der Waals surface area contributed by atoms with E-state index in [0.29, 0.717) is 12.8 Å². The van der Waals surface area contributed by atoms with Gasteiger partial charge in [-0.25, -0.2) is 0 Å². The molecule has 0 aromatic rings. The van der Waals surface area contributed by atoms with Crippen LogP contribution in [-0.2, 0) is 9.59 Å². The van der Waals surface area contributed by atoms with Crippen LogP contribution in [0, 0.1) is 5.41 Å². The molecule has 2 aliphatic rings. The molecule has 1 saturated carbocycles. The lowest BCUT2D eigenvalue weighted by atomic mass is 9.91. The molecule has 1 saturated heterocycles. The van der Waals surface area contributed by atoms with E-state index in [1.165, 1.54) is 4.90 Å². The minimum atomic E-state index is -0.859. The van der Waals surface area contributed by atoms with Gasteiger partial charge < -0.3 is 5.11 Å². The molecule has 4 heteroatoms. The number of nitrogens with zero attached hydrogens (tertiary/aromatic N) is 1. The first-order valence-corrected chi connectivity index (χ1v) is 6.91. The minimum absolute atomic E-state index is 0.134. The molecule has 2 rings (SSSR count). The van der Waals surface area contributed by atoms with Crippen LogP contribution < -0.4 is 0 Å². The lowest BCUT2D eigenvalue weighted by Gasteiger charge is -2.31. The Morgan fingerprint density at radius 3 is 2.11 bits per heavy atom. The molecule has 1 aliphatic carbocycles. The molecule has 0 aromatic carbocycles. The highest BCUT2D eigenvalue weighted by Crippen LogP contribution is 2.35. The van der Waals surface area contributed by atoms with Gasteiger partial charge in [-0.3, -0.25) is 14.5 Å². The number of carbonyl (C=O) groups excluding carboxylic acids is 2. The predicted molar refractivity (Wildman–Crippen MR) is 67.8 cm³/mol. The van der Waals surface area contributed by atoms with Gasteiger partial charge in [-0.05, 0) is 12.8 Å². The molecule has 0 radical (unpaired) electrons. The van der Waals surface area contributed by atoms with Crippen LogP contribution in [0.4, 0.5) is 0 Å². The number of likely N-dealkylation sites (tertiary alicyclic amines) is 1. The number of rotatable bonds is 2. The fourth-order valence-electron chi connectivity index (χ4n) is 3.03. The van der Waals surface area contributed by atoms with E-state index >= 15 is 0 Å². The number of carbonyl (C=O) groups is 2. The zero-order chi connectivity index (χ0) is 13.4. The Hall–Kier alpha value is -0.900. The zero-order valence-electron chi connectivity index (χ0n) is 11.4. The van der Waals surface area contributed by atoms with E-state index in [0.717, 1.165) is 25.7 Å². The second-order valence-electron chi connectivity index (χ2n) is 6.48. The van der Waals surface area contributed by atoms with Crippen molar-refractivity contribution < 1.29 is 14.7 Å². The van der Waals surface area contributed by atoms with E-state index in [1.807, 2.05) is 0 Å². The average molecular weight is 253 g/mol. The molecule has 0 bridgehead atoms. The summed E-state index contributed by atoms with van der Waals surface area (Å²) >= 11 is 0. The smallest absolute Gasteiger partial charge is 0.235 e. The number of β-amino-alcohol motifs (C(OH)–C–C–N with tert-alkyl or cyclic N) is 1. The van der Waals surface area contributed by atoms with E-state index < -0.39 is 11.0 Å². The van der Waals surface area contributed by atoms with E-state index in [9.17, 15) is 14.7 Å².